The molecule has 1 aromatic heterocycles. The minimum absolute atomic E-state index is 0.319. The molecular weight excluding hydrogens is 214 g/mol. The molecular formula is C10H9NOS2. The number of rotatable bonds is 3. The minimum atomic E-state index is 0.319. The summed E-state index contributed by atoms with van der Waals surface area (Å²) >= 11 is 3.35. The first-order chi connectivity index (χ1) is 6.84. The van der Waals surface area contributed by atoms with Crippen molar-refractivity contribution in [3.05, 3.63) is 40.8 Å². The normalized spacial score (nSPS) is 10.3. The highest BCUT2D eigenvalue weighted by Crippen LogP contribution is 2.26. The Bertz CT molecular complexity index is 400. The van der Waals surface area contributed by atoms with Crippen molar-refractivity contribution >= 4 is 23.1 Å². The van der Waals surface area contributed by atoms with E-state index < -0.39 is 0 Å². The van der Waals surface area contributed by atoms with Crippen LogP contribution < -0.4 is 0 Å². The van der Waals surface area contributed by atoms with Gasteiger partial charge in [-0.2, -0.15) is 0 Å². The quantitative estimate of drug-likeness (QED) is 0.811. The molecule has 14 heavy (non-hydrogen) atoms. The van der Waals surface area contributed by atoms with E-state index in [-0.39, 0.29) is 0 Å². The van der Waals surface area contributed by atoms with Gasteiger partial charge in [-0.15, -0.1) is 23.1 Å². The Morgan fingerprint density at radius 3 is 3.07 bits per heavy atom. The number of phenols is 1. The topological polar surface area (TPSA) is 33.1 Å². The van der Waals surface area contributed by atoms with Crippen molar-refractivity contribution in [1.29, 1.82) is 0 Å². The van der Waals surface area contributed by atoms with E-state index in [0.29, 0.717) is 5.75 Å². The predicted molar refractivity (Wildman–Crippen MR) is 59.8 cm³/mol. The van der Waals surface area contributed by atoms with Gasteiger partial charge in [-0.3, -0.25) is 4.98 Å². The number of thiazole rings is 1. The Morgan fingerprint density at radius 2 is 2.36 bits per heavy atom. The molecule has 0 spiro atoms. The van der Waals surface area contributed by atoms with Gasteiger partial charge in [0, 0.05) is 21.7 Å². The molecule has 0 bridgehead atoms. The molecule has 0 aliphatic rings. The summed E-state index contributed by atoms with van der Waals surface area (Å²) in [6.45, 7) is 0. The van der Waals surface area contributed by atoms with E-state index in [2.05, 4.69) is 4.98 Å². The lowest BCUT2D eigenvalue weighted by Crippen LogP contribution is -1.74. The van der Waals surface area contributed by atoms with Crippen LogP contribution in [0.25, 0.3) is 0 Å². The maximum Gasteiger partial charge on any atom is 0.116 e. The molecule has 0 fully saturated rings. The van der Waals surface area contributed by atoms with E-state index in [4.69, 9.17) is 0 Å². The fourth-order valence-electron chi connectivity index (χ4n) is 1.04. The van der Waals surface area contributed by atoms with Gasteiger partial charge in [0.05, 0.1) is 5.51 Å². The highest BCUT2D eigenvalue weighted by atomic mass is 32.2. The molecule has 0 saturated heterocycles. The largest absolute Gasteiger partial charge is 0.508 e. The molecule has 1 heterocycles. The Hall–Kier alpha value is -1.00. The molecule has 2 nitrogen and oxygen atoms in total. The van der Waals surface area contributed by atoms with Gasteiger partial charge in [-0.25, -0.2) is 0 Å². The van der Waals surface area contributed by atoms with E-state index in [1.807, 2.05) is 23.8 Å². The zero-order valence-electron chi connectivity index (χ0n) is 7.38. The highest BCUT2D eigenvalue weighted by Gasteiger charge is 1.98. The van der Waals surface area contributed by atoms with Gasteiger partial charge in [0.1, 0.15) is 5.75 Å². The first-order valence-corrected chi connectivity index (χ1v) is 6.00. The first-order valence-electron chi connectivity index (χ1n) is 4.14. The van der Waals surface area contributed by atoms with Gasteiger partial charge < -0.3 is 5.11 Å². The third kappa shape index (κ3) is 2.49. The summed E-state index contributed by atoms with van der Waals surface area (Å²) in [7, 11) is 0. The summed E-state index contributed by atoms with van der Waals surface area (Å²) in [5.74, 6) is 1.23. The average Bonchev–Trinajstić information content (AvgIpc) is 2.67. The SMILES string of the molecule is Oc1cccc(SCc2cncs2)c1. The fraction of sp³-hybridized carbons (Fsp3) is 0.100. The van der Waals surface area contributed by atoms with Gasteiger partial charge in [0.15, 0.2) is 0 Å². The number of aromatic hydroxyl groups is 1. The Morgan fingerprint density at radius 1 is 1.43 bits per heavy atom. The second-order valence-electron chi connectivity index (χ2n) is 2.75. The number of hydrogen-bond acceptors (Lipinski definition) is 4. The Labute approximate surface area is 90.6 Å². The summed E-state index contributed by atoms with van der Waals surface area (Å²) in [4.78, 5) is 6.34. The molecule has 1 N–H and O–H groups in total. The third-order valence-corrected chi connectivity index (χ3v) is 3.69. The lowest BCUT2D eigenvalue weighted by Gasteiger charge is -1.99. The molecule has 0 unspecified atom stereocenters. The van der Waals surface area contributed by atoms with Crippen LogP contribution in [-0.4, -0.2) is 10.1 Å². The van der Waals surface area contributed by atoms with Crippen LogP contribution in [0.1, 0.15) is 4.88 Å². The molecule has 0 aliphatic heterocycles. The number of hydrogen-bond donors (Lipinski definition) is 1. The number of thioether (sulfide) groups is 1. The van der Waals surface area contributed by atoms with E-state index in [1.54, 1.807) is 35.2 Å². The summed E-state index contributed by atoms with van der Waals surface area (Å²) in [6, 6.07) is 7.29. The van der Waals surface area contributed by atoms with Crippen LogP contribution in [-0.2, 0) is 5.75 Å². The summed E-state index contributed by atoms with van der Waals surface area (Å²) < 4.78 is 0. The Balaban J connectivity index is 1.98. The van der Waals surface area contributed by atoms with Gasteiger partial charge in [-0.05, 0) is 18.2 Å². The van der Waals surface area contributed by atoms with Crippen molar-refractivity contribution in [2.24, 2.45) is 0 Å². The number of benzene rings is 1. The molecule has 0 amide bonds. The number of nitrogens with zero attached hydrogens (tertiary/aromatic N) is 1. The lowest BCUT2D eigenvalue weighted by molar-refractivity contribution is 0.474. The van der Waals surface area contributed by atoms with Gasteiger partial charge >= 0.3 is 0 Å². The molecule has 0 saturated carbocycles. The van der Waals surface area contributed by atoms with Gasteiger partial charge in [-0.1, -0.05) is 6.07 Å². The number of aromatic nitrogens is 1. The van der Waals surface area contributed by atoms with Gasteiger partial charge in [0.2, 0.25) is 0 Å². The first kappa shape index (κ1) is 9.55. The van der Waals surface area contributed by atoms with Crippen molar-refractivity contribution in [2.45, 2.75) is 10.6 Å². The monoisotopic (exact) mass is 223 g/mol. The van der Waals surface area contributed by atoms with E-state index in [1.165, 1.54) is 4.88 Å². The predicted octanol–water partition coefficient (Wildman–Crippen LogP) is 3.14. The van der Waals surface area contributed by atoms with Crippen molar-refractivity contribution < 1.29 is 5.11 Å². The fourth-order valence-corrected chi connectivity index (χ4v) is 2.63. The number of phenolic OH excluding ortho intramolecular Hbond substituents is 1. The molecule has 1 aromatic carbocycles. The highest BCUT2D eigenvalue weighted by molar-refractivity contribution is 7.98. The molecule has 2 rings (SSSR count). The minimum Gasteiger partial charge on any atom is -0.508 e. The van der Waals surface area contributed by atoms with Crippen LogP contribution in [0.3, 0.4) is 0 Å². The van der Waals surface area contributed by atoms with E-state index >= 15 is 0 Å². The van der Waals surface area contributed by atoms with Crippen molar-refractivity contribution in [3.8, 4) is 5.75 Å². The van der Waals surface area contributed by atoms with Crippen molar-refractivity contribution in [1.82, 2.24) is 4.98 Å². The van der Waals surface area contributed by atoms with Crippen molar-refractivity contribution in [3.63, 3.8) is 0 Å². The standard InChI is InChI=1S/C10H9NOS2/c12-8-2-1-3-9(4-8)13-6-10-5-11-7-14-10/h1-5,7,12H,6H2. The van der Waals surface area contributed by atoms with Crippen LogP contribution in [0.15, 0.2) is 40.9 Å². The smallest absolute Gasteiger partial charge is 0.116 e. The molecule has 0 atom stereocenters. The van der Waals surface area contributed by atoms with Gasteiger partial charge in [0.25, 0.3) is 0 Å². The van der Waals surface area contributed by atoms with E-state index in [9.17, 15) is 5.11 Å². The third-order valence-electron chi connectivity index (χ3n) is 1.68. The molecule has 0 aliphatic carbocycles. The molecule has 72 valence electrons. The second-order valence-corrected chi connectivity index (χ2v) is 4.77. The summed E-state index contributed by atoms with van der Waals surface area (Å²) in [5, 5.41) is 9.25. The maximum atomic E-state index is 9.25. The summed E-state index contributed by atoms with van der Waals surface area (Å²) in [6.07, 6.45) is 1.88. The maximum absolute atomic E-state index is 9.25. The Kier molecular flexibility index (Phi) is 3.06. The zero-order chi connectivity index (χ0) is 9.80. The molecule has 2 aromatic rings. The summed E-state index contributed by atoms with van der Waals surface area (Å²) in [5.41, 5.74) is 1.83. The lowest BCUT2D eigenvalue weighted by atomic mass is 10.3. The molecule has 4 heteroatoms. The van der Waals surface area contributed by atoms with Crippen LogP contribution in [0.5, 0.6) is 5.75 Å². The second kappa shape index (κ2) is 4.48. The zero-order valence-corrected chi connectivity index (χ0v) is 9.02. The van der Waals surface area contributed by atoms with Crippen LogP contribution in [0.4, 0.5) is 0 Å². The van der Waals surface area contributed by atoms with Crippen LogP contribution in [0, 0.1) is 0 Å². The molecule has 0 radical (unpaired) electrons. The van der Waals surface area contributed by atoms with Crippen molar-refractivity contribution in [2.75, 3.05) is 0 Å². The van der Waals surface area contributed by atoms with E-state index in [0.717, 1.165) is 10.6 Å². The van der Waals surface area contributed by atoms with Crippen LogP contribution in [0.2, 0.25) is 0 Å². The van der Waals surface area contributed by atoms with Crippen LogP contribution >= 0.6 is 23.1 Å². The average molecular weight is 223 g/mol.